The SMILES string of the molecule is N#CCCN(Cc1ccccc1)c1ccc(N=Nc2c(Cl)cc([N+](=O)[O-])cc2Cl)cc1. The van der Waals surface area contributed by atoms with Crippen molar-refractivity contribution in [2.75, 3.05) is 11.4 Å². The average molecular weight is 454 g/mol. The molecular formula is C22H17Cl2N5O2. The Balaban J connectivity index is 1.78. The molecule has 0 radical (unpaired) electrons. The van der Waals surface area contributed by atoms with E-state index in [1.54, 1.807) is 12.1 Å². The predicted octanol–water partition coefficient (Wildman–Crippen LogP) is 7.24. The monoisotopic (exact) mass is 453 g/mol. The van der Waals surface area contributed by atoms with Gasteiger partial charge in [-0.1, -0.05) is 53.5 Å². The number of halogens is 2. The third kappa shape index (κ3) is 6.01. The molecule has 0 heterocycles. The van der Waals surface area contributed by atoms with E-state index in [1.807, 2.05) is 42.5 Å². The summed E-state index contributed by atoms with van der Waals surface area (Å²) in [5.74, 6) is 0. The van der Waals surface area contributed by atoms with E-state index >= 15 is 0 Å². The summed E-state index contributed by atoms with van der Waals surface area (Å²) in [5, 5.41) is 28.1. The lowest BCUT2D eigenvalue weighted by atomic mass is 10.2. The highest BCUT2D eigenvalue weighted by molar-refractivity contribution is 6.39. The molecule has 0 bridgehead atoms. The molecule has 156 valence electrons. The first-order valence-corrected chi connectivity index (χ1v) is 10.0. The van der Waals surface area contributed by atoms with Crippen LogP contribution in [0.15, 0.2) is 77.0 Å². The van der Waals surface area contributed by atoms with E-state index in [0.29, 0.717) is 25.2 Å². The Morgan fingerprint density at radius 3 is 2.23 bits per heavy atom. The number of hydrogen-bond acceptors (Lipinski definition) is 6. The van der Waals surface area contributed by atoms with Crippen LogP contribution in [-0.4, -0.2) is 11.5 Å². The zero-order valence-electron chi connectivity index (χ0n) is 16.3. The van der Waals surface area contributed by atoms with E-state index in [0.717, 1.165) is 11.3 Å². The van der Waals surface area contributed by atoms with Crippen molar-refractivity contribution in [1.29, 1.82) is 5.26 Å². The Morgan fingerprint density at radius 1 is 1.00 bits per heavy atom. The molecule has 0 fully saturated rings. The quantitative estimate of drug-likeness (QED) is 0.204. The average Bonchev–Trinajstić information content (AvgIpc) is 2.77. The molecule has 0 amide bonds. The molecule has 0 aliphatic rings. The molecule has 0 spiro atoms. The molecule has 9 heteroatoms. The molecule has 0 aliphatic heterocycles. The Bertz CT molecular complexity index is 1110. The van der Waals surface area contributed by atoms with E-state index in [2.05, 4.69) is 21.2 Å². The van der Waals surface area contributed by atoms with Crippen LogP contribution in [0.25, 0.3) is 0 Å². The summed E-state index contributed by atoms with van der Waals surface area (Å²) in [6.07, 6.45) is 0.408. The van der Waals surface area contributed by atoms with Crippen LogP contribution in [0.1, 0.15) is 12.0 Å². The molecule has 0 aliphatic carbocycles. The minimum atomic E-state index is -0.578. The maximum Gasteiger partial charge on any atom is 0.272 e. The maximum absolute atomic E-state index is 10.9. The maximum atomic E-state index is 10.9. The predicted molar refractivity (Wildman–Crippen MR) is 121 cm³/mol. The van der Waals surface area contributed by atoms with Gasteiger partial charge in [0, 0.05) is 30.9 Å². The smallest absolute Gasteiger partial charge is 0.272 e. The number of nitriles is 1. The lowest BCUT2D eigenvalue weighted by Crippen LogP contribution is -2.23. The summed E-state index contributed by atoms with van der Waals surface area (Å²) in [4.78, 5) is 12.4. The molecule has 0 atom stereocenters. The molecule has 0 saturated carbocycles. The number of nitro groups is 1. The van der Waals surface area contributed by atoms with Crippen molar-refractivity contribution in [3.05, 3.63) is 92.5 Å². The van der Waals surface area contributed by atoms with Gasteiger partial charge >= 0.3 is 0 Å². The molecule has 3 aromatic carbocycles. The molecular weight excluding hydrogens is 437 g/mol. The second-order valence-corrected chi connectivity index (χ2v) is 7.36. The van der Waals surface area contributed by atoms with Crippen molar-refractivity contribution in [2.24, 2.45) is 10.2 Å². The van der Waals surface area contributed by atoms with Crippen molar-refractivity contribution >= 4 is 46.0 Å². The number of benzene rings is 3. The number of nitrogens with zero attached hydrogens (tertiary/aromatic N) is 5. The van der Waals surface area contributed by atoms with E-state index in [9.17, 15) is 10.1 Å². The van der Waals surface area contributed by atoms with Gasteiger partial charge in [0.05, 0.1) is 33.1 Å². The number of rotatable bonds is 8. The van der Waals surface area contributed by atoms with E-state index in [1.165, 1.54) is 12.1 Å². The number of nitro benzene ring substituents is 1. The molecule has 3 aromatic rings. The Morgan fingerprint density at radius 2 is 1.65 bits per heavy atom. The summed E-state index contributed by atoms with van der Waals surface area (Å²) in [6, 6.07) is 21.9. The summed E-state index contributed by atoms with van der Waals surface area (Å²) >= 11 is 12.1. The van der Waals surface area contributed by atoms with Crippen molar-refractivity contribution in [3.63, 3.8) is 0 Å². The van der Waals surface area contributed by atoms with Crippen LogP contribution in [0, 0.1) is 21.4 Å². The fourth-order valence-corrected chi connectivity index (χ4v) is 3.43. The van der Waals surface area contributed by atoms with Gasteiger partial charge in [-0.2, -0.15) is 10.4 Å². The number of anilines is 1. The van der Waals surface area contributed by atoms with Gasteiger partial charge in [-0.15, -0.1) is 5.11 Å². The van der Waals surface area contributed by atoms with Crippen molar-refractivity contribution in [1.82, 2.24) is 0 Å². The van der Waals surface area contributed by atoms with Gasteiger partial charge in [-0.05, 0) is 29.8 Å². The highest BCUT2D eigenvalue weighted by Crippen LogP contribution is 2.37. The molecule has 3 rings (SSSR count). The second kappa shape index (κ2) is 10.5. The Labute approximate surface area is 189 Å². The first-order valence-electron chi connectivity index (χ1n) is 9.29. The van der Waals surface area contributed by atoms with E-state index in [-0.39, 0.29) is 21.4 Å². The summed E-state index contributed by atoms with van der Waals surface area (Å²) in [5.41, 5.74) is 2.61. The van der Waals surface area contributed by atoms with E-state index < -0.39 is 4.92 Å². The lowest BCUT2D eigenvalue weighted by Gasteiger charge is -2.24. The third-order valence-corrected chi connectivity index (χ3v) is 4.98. The van der Waals surface area contributed by atoms with Crippen LogP contribution in [0.4, 0.5) is 22.7 Å². The zero-order valence-corrected chi connectivity index (χ0v) is 17.8. The Hall–Kier alpha value is -3.47. The largest absolute Gasteiger partial charge is 0.366 e. The fourth-order valence-electron chi connectivity index (χ4n) is 2.88. The third-order valence-electron chi connectivity index (χ3n) is 4.40. The summed E-state index contributed by atoms with van der Waals surface area (Å²) in [6.45, 7) is 1.28. The van der Waals surface area contributed by atoms with E-state index in [4.69, 9.17) is 28.5 Å². The minimum Gasteiger partial charge on any atom is -0.366 e. The van der Waals surface area contributed by atoms with Crippen molar-refractivity contribution < 1.29 is 4.92 Å². The van der Waals surface area contributed by atoms with Gasteiger partial charge in [0.2, 0.25) is 0 Å². The van der Waals surface area contributed by atoms with Crippen LogP contribution in [0.3, 0.4) is 0 Å². The normalized spacial score (nSPS) is 10.7. The number of hydrogen-bond donors (Lipinski definition) is 0. The highest BCUT2D eigenvalue weighted by atomic mass is 35.5. The van der Waals surface area contributed by atoms with Gasteiger partial charge in [0.25, 0.3) is 5.69 Å². The van der Waals surface area contributed by atoms with Gasteiger partial charge in [0.1, 0.15) is 5.69 Å². The minimum absolute atomic E-state index is 0.0464. The Kier molecular flexibility index (Phi) is 7.55. The number of azo groups is 1. The van der Waals surface area contributed by atoms with Gasteiger partial charge in [0.15, 0.2) is 0 Å². The molecule has 0 saturated heterocycles. The molecule has 0 aromatic heterocycles. The number of non-ortho nitro benzene ring substituents is 1. The van der Waals surface area contributed by atoms with Gasteiger partial charge < -0.3 is 4.90 Å². The highest BCUT2D eigenvalue weighted by Gasteiger charge is 2.14. The topological polar surface area (TPSA) is 94.9 Å². The summed E-state index contributed by atoms with van der Waals surface area (Å²) in [7, 11) is 0. The van der Waals surface area contributed by atoms with Crippen LogP contribution in [-0.2, 0) is 6.54 Å². The van der Waals surface area contributed by atoms with Gasteiger partial charge in [-0.3, -0.25) is 10.1 Å². The standard InChI is InChI=1S/C22H17Cl2N5O2/c23-20-13-19(29(30)31)14-21(24)22(20)27-26-17-7-9-18(10-8-17)28(12-4-11-25)15-16-5-2-1-3-6-16/h1-3,5-10,13-14H,4,12,15H2. The van der Waals surface area contributed by atoms with Crippen LogP contribution < -0.4 is 4.90 Å². The first kappa shape index (κ1) is 22.2. The molecule has 31 heavy (non-hydrogen) atoms. The summed E-state index contributed by atoms with van der Waals surface area (Å²) < 4.78 is 0. The fraction of sp³-hybridized carbons (Fsp3) is 0.136. The lowest BCUT2D eigenvalue weighted by molar-refractivity contribution is -0.384. The second-order valence-electron chi connectivity index (χ2n) is 6.55. The van der Waals surface area contributed by atoms with Crippen molar-refractivity contribution in [2.45, 2.75) is 13.0 Å². The van der Waals surface area contributed by atoms with Crippen LogP contribution >= 0.6 is 23.2 Å². The van der Waals surface area contributed by atoms with Crippen LogP contribution in [0.5, 0.6) is 0 Å². The van der Waals surface area contributed by atoms with Crippen LogP contribution in [0.2, 0.25) is 10.0 Å². The van der Waals surface area contributed by atoms with Gasteiger partial charge in [-0.25, -0.2) is 0 Å². The van der Waals surface area contributed by atoms with Crippen molar-refractivity contribution in [3.8, 4) is 6.07 Å². The first-order chi connectivity index (χ1) is 15.0. The molecule has 7 nitrogen and oxygen atoms in total. The molecule has 0 unspecified atom stereocenters. The molecule has 0 N–H and O–H groups in total. The zero-order chi connectivity index (χ0) is 22.2.